The van der Waals surface area contributed by atoms with Crippen LogP contribution >= 0.6 is 20.6 Å². The van der Waals surface area contributed by atoms with Crippen molar-refractivity contribution in [2.24, 2.45) is 0 Å². The molecule has 0 amide bonds. The summed E-state index contributed by atoms with van der Waals surface area (Å²) in [7, 11) is -10.2. The van der Waals surface area contributed by atoms with Gasteiger partial charge >= 0.3 is 136 Å². The topological polar surface area (TPSA) is 121 Å². The summed E-state index contributed by atoms with van der Waals surface area (Å²) in [6.45, 7) is 0. The first-order chi connectivity index (χ1) is 5.12. The van der Waals surface area contributed by atoms with Crippen LogP contribution in [0.5, 0.6) is 0 Å². The molecule has 0 fully saturated rings. The second kappa shape index (κ2) is 13.7. The summed E-state index contributed by atoms with van der Waals surface area (Å²) < 4.78 is 39.0. The van der Waals surface area contributed by atoms with Crippen LogP contribution in [0.2, 0.25) is 0 Å². The van der Waals surface area contributed by atoms with Gasteiger partial charge in [0.1, 0.15) is 0 Å². The summed E-state index contributed by atoms with van der Waals surface area (Å²) in [6.07, 6.45) is 9.90. The summed E-state index contributed by atoms with van der Waals surface area (Å²) in [6, 6.07) is 0. The molecule has 0 spiro atoms. The second-order valence-electron chi connectivity index (χ2n) is 1.09. The van der Waals surface area contributed by atoms with Crippen LogP contribution in [0.25, 0.3) is 0 Å². The monoisotopic (exact) mass is 354 g/mol. The van der Waals surface area contributed by atoms with Crippen molar-refractivity contribution in [1.29, 1.82) is 0 Å². The maximum absolute atomic E-state index is 9.58. The van der Waals surface area contributed by atoms with Gasteiger partial charge in [-0.05, 0) is 0 Å². The van der Waals surface area contributed by atoms with Gasteiger partial charge in [-0.25, -0.2) is 4.57 Å². The molecule has 0 radical (unpaired) electrons. The molecular formula is H6CaCl2KMgO7PS. The van der Waals surface area contributed by atoms with E-state index in [0.717, 1.165) is 0 Å². The van der Waals surface area contributed by atoms with E-state index < -0.39 is 49.1 Å². The molecule has 0 atom stereocenters. The molecule has 0 aromatic carbocycles. The summed E-state index contributed by atoms with van der Waals surface area (Å²) in [5.41, 5.74) is 0. The van der Waals surface area contributed by atoms with E-state index in [2.05, 4.69) is 3.97 Å². The fourth-order valence-electron chi connectivity index (χ4n) is 0.123. The Morgan fingerprint density at radius 2 is 1.50 bits per heavy atom. The zero-order chi connectivity index (χ0) is 10.4. The van der Waals surface area contributed by atoms with E-state index in [9.17, 15) is 13.0 Å². The third-order valence-corrected chi connectivity index (χ3v) is 1.72. The Morgan fingerprint density at radius 1 is 1.29 bits per heavy atom. The maximum atomic E-state index is 9.58. The first-order valence-electron chi connectivity index (χ1n) is 1.98. The van der Waals surface area contributed by atoms with E-state index in [-0.39, 0.29) is 74.4 Å². The van der Waals surface area contributed by atoms with Crippen molar-refractivity contribution in [3.63, 3.8) is 0 Å². The van der Waals surface area contributed by atoms with Gasteiger partial charge < -0.3 is 9.79 Å². The van der Waals surface area contributed by atoms with Crippen LogP contribution in [0.3, 0.4) is 0 Å². The van der Waals surface area contributed by atoms with Gasteiger partial charge in [-0.3, -0.25) is 4.55 Å². The molecule has 14 heteroatoms. The number of halogens is 2. The molecule has 0 unspecified atom stereocenters. The van der Waals surface area contributed by atoms with Crippen molar-refractivity contribution < 1.29 is 31.3 Å². The van der Waals surface area contributed by atoms with Gasteiger partial charge in [-0.1, -0.05) is 0 Å². The molecule has 78 valence electrons. The Bertz CT molecular complexity index is 250. The van der Waals surface area contributed by atoms with E-state index in [1.54, 1.807) is 0 Å². The predicted molar refractivity (Wildman–Crippen MR) is 57.8 cm³/mol. The minimum absolute atomic E-state index is 0. The van der Waals surface area contributed by atoms with Crippen LogP contribution in [0.15, 0.2) is 0 Å². The summed E-state index contributed by atoms with van der Waals surface area (Å²) in [5, 5.41) is 0. The third kappa shape index (κ3) is 36.0. The summed E-state index contributed by atoms with van der Waals surface area (Å²) in [4.78, 5) is 15.4. The first-order valence-corrected chi connectivity index (χ1v) is 11.0. The molecule has 0 rings (SSSR count). The summed E-state index contributed by atoms with van der Waals surface area (Å²) in [5.74, 6) is 0. The Morgan fingerprint density at radius 3 is 1.50 bits per heavy atom. The van der Waals surface area contributed by atoms with Crippen LogP contribution in [-0.4, -0.2) is 128 Å². The van der Waals surface area contributed by atoms with E-state index in [1.807, 2.05) is 0 Å². The van der Waals surface area contributed by atoms with Crippen LogP contribution < -0.4 is 0 Å². The molecule has 0 saturated carbocycles. The summed E-state index contributed by atoms with van der Waals surface area (Å²) >= 11 is -0.931. The van der Waals surface area contributed by atoms with Gasteiger partial charge in [0.2, 0.25) is 0 Å². The molecule has 14 heavy (non-hydrogen) atoms. The zero-order valence-electron chi connectivity index (χ0n) is 5.29. The van der Waals surface area contributed by atoms with Gasteiger partial charge in [0.05, 0.1) is 0 Å². The maximum Gasteiger partial charge on any atom is 0.316 e. The zero-order valence-corrected chi connectivity index (χ0v) is 10.7. The van der Waals surface area contributed by atoms with Crippen LogP contribution in [-0.2, 0) is 18.9 Å². The van der Waals surface area contributed by atoms with E-state index in [1.165, 1.54) is 0 Å². The smallest absolute Gasteiger partial charge is 0.316 e. The van der Waals surface area contributed by atoms with Crippen molar-refractivity contribution >= 4 is 136 Å². The number of rotatable bonds is 2. The average molecular weight is 355 g/mol. The molecular weight excluding hydrogens is 349 g/mol. The van der Waals surface area contributed by atoms with Crippen molar-refractivity contribution in [3.8, 4) is 0 Å². The Hall–Kier alpha value is 4.26. The molecule has 0 aliphatic heterocycles. The third-order valence-electron chi connectivity index (χ3n) is 0.191. The molecule has 7 nitrogen and oxygen atoms in total. The van der Waals surface area contributed by atoms with E-state index in [0.29, 0.717) is 0 Å². The average Bonchev–Trinajstić information content (AvgIpc) is 1.53. The number of hydrogen-bond donors (Lipinski definition) is 3. The Balaban J connectivity index is -0.0000000891. The van der Waals surface area contributed by atoms with Crippen molar-refractivity contribution in [2.45, 2.75) is 0 Å². The van der Waals surface area contributed by atoms with Crippen LogP contribution in [0.4, 0.5) is 0 Å². The van der Waals surface area contributed by atoms with Crippen molar-refractivity contribution in [2.75, 3.05) is 0 Å². The van der Waals surface area contributed by atoms with Gasteiger partial charge in [0, 0.05) is 0 Å². The van der Waals surface area contributed by atoms with Crippen LogP contribution in [0, 0.1) is 0 Å². The van der Waals surface area contributed by atoms with E-state index in [4.69, 9.17) is 27.1 Å². The molecule has 3 N–H and O–H groups in total. The fraction of sp³-hybridized carbons (Fsp3) is 0. The predicted octanol–water partition coefficient (Wildman–Crippen LogP) is -1.67. The van der Waals surface area contributed by atoms with Gasteiger partial charge in [-0.2, -0.15) is 8.42 Å². The Labute approximate surface area is 163 Å². The minimum atomic E-state index is -5.13. The van der Waals surface area contributed by atoms with Crippen LogP contribution in [0.1, 0.15) is 0 Å². The van der Waals surface area contributed by atoms with Gasteiger partial charge in [0.15, 0.2) is 0 Å². The largest absolute Gasteiger partial charge is 0.316 e. The molecule has 0 bridgehead atoms. The van der Waals surface area contributed by atoms with Gasteiger partial charge in [0.25, 0.3) is 0 Å². The molecule has 0 aliphatic carbocycles. The standard InChI is InChI=1S/Ca.2ClH.K.Mg.H3O7PS.3H/c;;;;;1-8(2,3)7-9(4,5)6;;;/h;2*1H;;;(H2,1,2,3)(H,4,5,6);;;/q+2;;;;;;;;/p-2. The Kier molecular flexibility index (Phi) is 26.2. The fourth-order valence-corrected chi connectivity index (χ4v) is 1.10. The number of hydrogen-bond acceptors (Lipinski definition) is 4. The molecule has 0 heterocycles. The number of phosphoric acid groups is 1. The minimum Gasteiger partial charge on any atom is 0.316 e. The second-order valence-corrected chi connectivity index (χ2v) is 7.17. The normalized spacial score (nSPS) is 9.50. The molecule has 0 aromatic heterocycles. The first kappa shape index (κ1) is 26.8. The quantitative estimate of drug-likeness (QED) is 0.308. The SMILES string of the molecule is O=P(O)(O)OS(=O)(=O)O.[Cl][Ca][Cl].[KH].[MgH2]. The van der Waals surface area contributed by atoms with Gasteiger partial charge in [-0.15, -0.1) is 3.97 Å². The molecule has 0 aromatic rings. The van der Waals surface area contributed by atoms with Crippen molar-refractivity contribution in [1.82, 2.24) is 0 Å². The molecule has 0 saturated heterocycles. The molecule has 0 aliphatic rings. The van der Waals surface area contributed by atoms with E-state index >= 15 is 0 Å². The van der Waals surface area contributed by atoms with Crippen molar-refractivity contribution in [3.05, 3.63) is 0 Å².